The number of ether oxygens (including phenoxy) is 1. The van der Waals surface area contributed by atoms with E-state index in [1.54, 1.807) is 0 Å². The van der Waals surface area contributed by atoms with Gasteiger partial charge in [-0.25, -0.2) is 19.7 Å². The zero-order valence-electron chi connectivity index (χ0n) is 27.7. The molecule has 0 spiro atoms. The first-order chi connectivity index (χ1) is 24.6. The lowest BCUT2D eigenvalue weighted by Gasteiger charge is -2.41. The standard InChI is InChI=1S/C38H34F3N7O3/c1-3-26-29(40)8-5-21-13-25(49)14-27(30(21)26)32-31(41)33-28(16-43-32)34(45-36(44-33)51-20-37-9-4-12-47(37)17-22(39)15-37)46-18-23-6-7-24(19-46)48(23)35(50)38(42-2)10-11-38/h1,5,8,13-14,16,22-24,49H,4,6-7,9-12,15,17-20H2/t22-,23?,24?,37+/m1/s1. The fourth-order valence-electron chi connectivity index (χ4n) is 9.06. The summed E-state index contributed by atoms with van der Waals surface area (Å²) >= 11 is 0. The lowest BCUT2D eigenvalue weighted by molar-refractivity contribution is -0.135. The molecule has 4 aromatic rings. The van der Waals surface area contributed by atoms with Crippen molar-refractivity contribution in [2.75, 3.05) is 37.7 Å². The SMILES string of the molecule is [C-]#[N+]C1(C(=O)N2C3CCC2CN(c2nc(OC[C@@]45CCCN4C[C@H](F)C5)nc4c(F)c(-c5cc(O)cc6ccc(F)c(C#C)c56)ncc24)C3)CC1. The van der Waals surface area contributed by atoms with E-state index in [1.165, 1.54) is 30.5 Å². The Labute approximate surface area is 292 Å². The molecule has 10 nitrogen and oxygen atoms in total. The van der Waals surface area contributed by atoms with Gasteiger partial charge >= 0.3 is 17.5 Å². The molecule has 4 atom stereocenters. The first-order valence-electron chi connectivity index (χ1n) is 17.4. The Hall–Kier alpha value is -5.14. The molecule has 51 heavy (non-hydrogen) atoms. The van der Waals surface area contributed by atoms with Gasteiger partial charge in [0.05, 0.1) is 16.5 Å². The number of terminal acetylenes is 1. The highest BCUT2D eigenvalue weighted by atomic mass is 19.1. The minimum atomic E-state index is -0.963. The summed E-state index contributed by atoms with van der Waals surface area (Å²) in [6, 6.07) is 4.99. The van der Waals surface area contributed by atoms with Crippen LogP contribution in [0.15, 0.2) is 30.5 Å². The molecule has 9 rings (SSSR count). The van der Waals surface area contributed by atoms with Gasteiger partial charge in [0.15, 0.2) is 5.82 Å². The highest BCUT2D eigenvalue weighted by Gasteiger charge is 2.63. The van der Waals surface area contributed by atoms with E-state index in [9.17, 15) is 18.7 Å². The third-order valence-electron chi connectivity index (χ3n) is 11.7. The topological polar surface area (TPSA) is 99.3 Å². The third-order valence-corrected chi connectivity index (χ3v) is 11.7. The maximum absolute atomic E-state index is 17.0. The third kappa shape index (κ3) is 4.89. The van der Waals surface area contributed by atoms with E-state index >= 15 is 4.39 Å². The van der Waals surface area contributed by atoms with Crippen LogP contribution in [0.4, 0.5) is 19.0 Å². The Balaban J connectivity index is 1.15. The van der Waals surface area contributed by atoms with Crippen LogP contribution in [0.5, 0.6) is 11.8 Å². The number of hydrogen-bond acceptors (Lipinski definition) is 8. The first kappa shape index (κ1) is 31.8. The second kappa shape index (κ2) is 11.4. The largest absolute Gasteiger partial charge is 0.508 e. The van der Waals surface area contributed by atoms with Crippen LogP contribution in [0.3, 0.4) is 0 Å². The van der Waals surface area contributed by atoms with Crippen molar-refractivity contribution in [2.24, 2.45) is 0 Å². The van der Waals surface area contributed by atoms with E-state index in [4.69, 9.17) is 22.7 Å². The van der Waals surface area contributed by atoms with E-state index < -0.39 is 28.9 Å². The zero-order valence-corrected chi connectivity index (χ0v) is 27.7. The molecule has 1 aliphatic carbocycles. The molecular formula is C38H34F3N7O3. The molecule has 2 aromatic heterocycles. The molecule has 5 fully saturated rings. The lowest BCUT2D eigenvalue weighted by atomic mass is 9.95. The van der Waals surface area contributed by atoms with Gasteiger partial charge in [-0.05, 0) is 55.8 Å². The van der Waals surface area contributed by atoms with Gasteiger partial charge in [-0.1, -0.05) is 12.0 Å². The number of carbonyl (C=O) groups is 1. The molecule has 13 heteroatoms. The smallest absolute Gasteiger partial charge is 0.319 e. The zero-order chi connectivity index (χ0) is 35.2. The Morgan fingerprint density at radius 3 is 2.65 bits per heavy atom. The molecular weight excluding hydrogens is 659 g/mol. The minimum absolute atomic E-state index is 0.0796. The van der Waals surface area contributed by atoms with Gasteiger partial charge in [0.2, 0.25) is 0 Å². The van der Waals surface area contributed by atoms with E-state index in [2.05, 4.69) is 25.6 Å². The van der Waals surface area contributed by atoms with Crippen LogP contribution in [0.25, 0.3) is 37.8 Å². The summed E-state index contributed by atoms with van der Waals surface area (Å²) < 4.78 is 52.8. The molecule has 4 saturated heterocycles. The highest BCUT2D eigenvalue weighted by molar-refractivity contribution is 6.03. The van der Waals surface area contributed by atoms with Gasteiger partial charge in [-0.3, -0.25) is 19.5 Å². The minimum Gasteiger partial charge on any atom is -0.508 e. The number of halogens is 3. The number of fused-ring (bicyclic) bond motifs is 5. The predicted octanol–water partition coefficient (Wildman–Crippen LogP) is 5.40. The number of pyridine rings is 1. The number of aromatic nitrogens is 3. The van der Waals surface area contributed by atoms with Gasteiger partial charge in [0, 0.05) is 68.1 Å². The summed E-state index contributed by atoms with van der Waals surface area (Å²) in [5.41, 5.74) is -1.72. The molecule has 1 saturated carbocycles. The average Bonchev–Trinajstić information content (AvgIpc) is 3.65. The molecule has 2 bridgehead atoms. The Kier molecular flexibility index (Phi) is 7.14. The number of hydrogen-bond donors (Lipinski definition) is 1. The van der Waals surface area contributed by atoms with Crippen molar-refractivity contribution >= 4 is 33.4 Å². The number of anilines is 1. The van der Waals surface area contributed by atoms with Crippen molar-refractivity contribution in [1.29, 1.82) is 0 Å². The van der Waals surface area contributed by atoms with E-state index in [1.807, 2.05) is 9.80 Å². The molecule has 260 valence electrons. The maximum Gasteiger partial charge on any atom is 0.319 e. The number of amides is 1. The van der Waals surface area contributed by atoms with Gasteiger partial charge in [-0.15, -0.1) is 6.42 Å². The van der Waals surface area contributed by atoms with Crippen molar-refractivity contribution in [3.63, 3.8) is 0 Å². The number of benzene rings is 2. The van der Waals surface area contributed by atoms with Crippen LogP contribution in [0, 0.1) is 30.6 Å². The van der Waals surface area contributed by atoms with Crippen molar-refractivity contribution in [3.8, 4) is 35.4 Å². The molecule has 6 heterocycles. The summed E-state index contributed by atoms with van der Waals surface area (Å²) in [5, 5.41) is 11.5. The molecule has 1 amide bonds. The molecule has 2 unspecified atom stereocenters. The Morgan fingerprint density at radius 1 is 1.14 bits per heavy atom. The van der Waals surface area contributed by atoms with Crippen molar-refractivity contribution < 1.29 is 27.8 Å². The van der Waals surface area contributed by atoms with E-state index in [-0.39, 0.29) is 64.1 Å². The van der Waals surface area contributed by atoms with Crippen molar-refractivity contribution in [1.82, 2.24) is 24.8 Å². The fraction of sp³-hybridized carbons (Fsp3) is 0.447. The van der Waals surface area contributed by atoms with E-state index in [0.29, 0.717) is 55.5 Å². The quantitative estimate of drug-likeness (QED) is 0.212. The number of nitrogens with zero attached hydrogens (tertiary/aromatic N) is 7. The summed E-state index contributed by atoms with van der Waals surface area (Å²) in [5.74, 6) is 0.945. The fourth-order valence-corrected chi connectivity index (χ4v) is 9.06. The highest BCUT2D eigenvalue weighted by Crippen LogP contribution is 2.46. The lowest BCUT2D eigenvalue weighted by Crippen LogP contribution is -2.58. The van der Waals surface area contributed by atoms with Crippen LogP contribution >= 0.6 is 0 Å². The maximum atomic E-state index is 17.0. The molecule has 1 N–H and O–H groups in total. The second-order valence-corrected chi connectivity index (χ2v) is 14.7. The van der Waals surface area contributed by atoms with Crippen LogP contribution in [0.2, 0.25) is 0 Å². The van der Waals surface area contributed by atoms with Crippen LogP contribution < -0.4 is 9.64 Å². The summed E-state index contributed by atoms with van der Waals surface area (Å²) in [6.45, 7) is 9.70. The van der Waals surface area contributed by atoms with Crippen molar-refractivity contribution in [2.45, 2.75) is 74.3 Å². The number of phenols is 1. The van der Waals surface area contributed by atoms with Gasteiger partial charge in [-0.2, -0.15) is 9.97 Å². The van der Waals surface area contributed by atoms with Crippen LogP contribution in [-0.2, 0) is 4.79 Å². The molecule has 5 aliphatic rings. The normalized spacial score (nSPS) is 26.3. The van der Waals surface area contributed by atoms with E-state index in [0.717, 1.165) is 32.2 Å². The first-order valence-corrected chi connectivity index (χ1v) is 17.4. The molecule has 0 radical (unpaired) electrons. The Bertz CT molecular complexity index is 2220. The number of piperazine rings is 1. The number of alkyl halides is 1. The summed E-state index contributed by atoms with van der Waals surface area (Å²) in [7, 11) is 0. The molecule has 4 aliphatic heterocycles. The molecule has 2 aromatic carbocycles. The number of aromatic hydroxyl groups is 1. The van der Waals surface area contributed by atoms with Gasteiger partial charge in [0.1, 0.15) is 41.4 Å². The Morgan fingerprint density at radius 2 is 1.92 bits per heavy atom. The monoisotopic (exact) mass is 693 g/mol. The van der Waals surface area contributed by atoms with Gasteiger partial charge < -0.3 is 19.6 Å². The van der Waals surface area contributed by atoms with Crippen LogP contribution in [0.1, 0.15) is 50.5 Å². The average molecular weight is 694 g/mol. The van der Waals surface area contributed by atoms with Crippen LogP contribution in [-0.4, -0.2) is 97.9 Å². The number of phenolic OH excluding ortho intramolecular Hbond substituents is 1. The van der Waals surface area contributed by atoms with Crippen molar-refractivity contribution in [3.05, 3.63) is 59.1 Å². The predicted molar refractivity (Wildman–Crippen MR) is 183 cm³/mol. The summed E-state index contributed by atoms with van der Waals surface area (Å²) in [4.78, 5) is 37.1. The number of rotatable bonds is 6. The summed E-state index contributed by atoms with van der Waals surface area (Å²) in [6.07, 6.45) is 10.9. The number of carbonyl (C=O) groups excluding carboxylic acids is 1. The van der Waals surface area contributed by atoms with Gasteiger partial charge in [0.25, 0.3) is 0 Å². The second-order valence-electron chi connectivity index (χ2n) is 14.7.